The molecule has 0 bridgehead atoms. The summed E-state index contributed by atoms with van der Waals surface area (Å²) in [6, 6.07) is 7.58. The molecule has 1 fully saturated rings. The van der Waals surface area contributed by atoms with Gasteiger partial charge in [0.2, 0.25) is 0 Å². The second-order valence-electron chi connectivity index (χ2n) is 5.40. The molecule has 1 aliphatic heterocycles. The molecule has 1 heterocycles. The lowest BCUT2D eigenvalue weighted by molar-refractivity contribution is 0.159. The van der Waals surface area contributed by atoms with Gasteiger partial charge in [0.25, 0.3) is 0 Å². The average Bonchev–Trinajstić information content (AvgIpc) is 2.40. The van der Waals surface area contributed by atoms with E-state index in [0.717, 1.165) is 19.1 Å². The van der Waals surface area contributed by atoms with Crippen LogP contribution in [0.2, 0.25) is 0 Å². The Labute approximate surface area is 104 Å². The van der Waals surface area contributed by atoms with Crippen molar-refractivity contribution in [3.05, 3.63) is 34.9 Å². The Kier molecular flexibility index (Phi) is 3.17. The second-order valence-corrected chi connectivity index (χ2v) is 5.40. The second kappa shape index (κ2) is 4.79. The Morgan fingerprint density at radius 2 is 2.06 bits per heavy atom. The van der Waals surface area contributed by atoms with Crippen molar-refractivity contribution in [1.82, 2.24) is 10.2 Å². The van der Waals surface area contributed by atoms with Crippen LogP contribution in [0.3, 0.4) is 0 Å². The lowest BCUT2D eigenvalue weighted by Gasteiger charge is -2.38. The van der Waals surface area contributed by atoms with Crippen LogP contribution in [0.25, 0.3) is 0 Å². The van der Waals surface area contributed by atoms with E-state index >= 15 is 0 Å². The van der Waals surface area contributed by atoms with Gasteiger partial charge in [-0.2, -0.15) is 0 Å². The zero-order chi connectivity index (χ0) is 11.7. The maximum atomic E-state index is 3.44. The van der Waals surface area contributed by atoms with E-state index in [1.165, 1.54) is 37.9 Å². The topological polar surface area (TPSA) is 15.3 Å². The lowest BCUT2D eigenvalue weighted by atomic mass is 9.85. The Hall–Kier alpha value is -0.860. The summed E-state index contributed by atoms with van der Waals surface area (Å²) in [5.41, 5.74) is 4.71. The van der Waals surface area contributed by atoms with Crippen LogP contribution in [-0.4, -0.2) is 37.1 Å². The quantitative estimate of drug-likeness (QED) is 0.791. The van der Waals surface area contributed by atoms with Crippen molar-refractivity contribution in [3.63, 3.8) is 0 Å². The van der Waals surface area contributed by atoms with Gasteiger partial charge in [-0.3, -0.25) is 4.90 Å². The maximum Gasteiger partial charge on any atom is 0.0140 e. The van der Waals surface area contributed by atoms with Gasteiger partial charge < -0.3 is 5.32 Å². The van der Waals surface area contributed by atoms with E-state index in [9.17, 15) is 0 Å². The first-order valence-corrected chi connectivity index (χ1v) is 6.87. The summed E-state index contributed by atoms with van der Waals surface area (Å²) in [7, 11) is 0. The fourth-order valence-electron chi connectivity index (χ4n) is 3.34. The van der Waals surface area contributed by atoms with E-state index < -0.39 is 0 Å². The fourth-order valence-corrected chi connectivity index (χ4v) is 3.34. The molecular weight excluding hydrogens is 208 g/mol. The zero-order valence-corrected chi connectivity index (χ0v) is 10.7. The number of rotatable bonds is 1. The normalized spacial score (nSPS) is 25.6. The summed E-state index contributed by atoms with van der Waals surface area (Å²) in [5.74, 6) is 0. The summed E-state index contributed by atoms with van der Waals surface area (Å²) < 4.78 is 0. The summed E-state index contributed by atoms with van der Waals surface area (Å²) in [6.07, 6.45) is 3.88. The highest BCUT2D eigenvalue weighted by Gasteiger charge is 2.25. The van der Waals surface area contributed by atoms with Crippen LogP contribution in [0.15, 0.2) is 18.2 Å². The Balaban J connectivity index is 1.76. The van der Waals surface area contributed by atoms with Gasteiger partial charge in [0.15, 0.2) is 0 Å². The molecule has 2 nitrogen and oxygen atoms in total. The smallest absolute Gasteiger partial charge is 0.0140 e. The molecule has 3 rings (SSSR count). The van der Waals surface area contributed by atoms with Crippen molar-refractivity contribution in [2.24, 2.45) is 0 Å². The van der Waals surface area contributed by atoms with Gasteiger partial charge in [0.05, 0.1) is 0 Å². The van der Waals surface area contributed by atoms with Gasteiger partial charge >= 0.3 is 0 Å². The standard InChI is InChI=1S/C15H22N2/c1-12-3-2-4-13-11-14(5-6-15(12)13)17-9-7-16-8-10-17/h2-4,14,16H,5-11H2,1H3. The number of benzene rings is 1. The summed E-state index contributed by atoms with van der Waals surface area (Å²) in [4.78, 5) is 2.68. The predicted octanol–water partition coefficient (Wildman–Crippen LogP) is 1.76. The van der Waals surface area contributed by atoms with E-state index in [1.807, 2.05) is 0 Å². The molecule has 1 aromatic carbocycles. The van der Waals surface area contributed by atoms with Gasteiger partial charge in [-0.05, 0) is 42.9 Å². The number of hydrogen-bond donors (Lipinski definition) is 1. The van der Waals surface area contributed by atoms with Crippen LogP contribution in [0.4, 0.5) is 0 Å². The van der Waals surface area contributed by atoms with Crippen LogP contribution in [0, 0.1) is 6.92 Å². The molecule has 1 aliphatic carbocycles. The van der Waals surface area contributed by atoms with Crippen LogP contribution in [0.1, 0.15) is 23.1 Å². The highest BCUT2D eigenvalue weighted by Crippen LogP contribution is 2.26. The van der Waals surface area contributed by atoms with Crippen LogP contribution in [0.5, 0.6) is 0 Å². The lowest BCUT2D eigenvalue weighted by Crippen LogP contribution is -2.50. The van der Waals surface area contributed by atoms with Crippen molar-refractivity contribution in [2.45, 2.75) is 32.2 Å². The van der Waals surface area contributed by atoms with E-state index in [1.54, 1.807) is 11.1 Å². The summed E-state index contributed by atoms with van der Waals surface area (Å²) >= 11 is 0. The molecule has 0 amide bonds. The summed E-state index contributed by atoms with van der Waals surface area (Å²) in [6.45, 7) is 7.04. The number of nitrogens with one attached hydrogen (secondary N) is 1. The zero-order valence-electron chi connectivity index (χ0n) is 10.7. The largest absolute Gasteiger partial charge is 0.314 e. The molecule has 1 aromatic rings. The van der Waals surface area contributed by atoms with Crippen molar-refractivity contribution < 1.29 is 0 Å². The molecule has 0 spiro atoms. The molecule has 92 valence electrons. The third kappa shape index (κ3) is 2.24. The molecular formula is C15H22N2. The number of aryl methyl sites for hydroxylation is 1. The van der Waals surface area contributed by atoms with Gasteiger partial charge in [0, 0.05) is 32.2 Å². The van der Waals surface area contributed by atoms with Crippen molar-refractivity contribution in [1.29, 1.82) is 0 Å². The van der Waals surface area contributed by atoms with Crippen molar-refractivity contribution in [2.75, 3.05) is 26.2 Å². The summed E-state index contributed by atoms with van der Waals surface area (Å²) in [5, 5.41) is 3.44. The third-order valence-electron chi connectivity index (χ3n) is 4.36. The first kappa shape index (κ1) is 11.2. The molecule has 0 aromatic heterocycles. The van der Waals surface area contributed by atoms with E-state index in [2.05, 4.69) is 35.3 Å². The Morgan fingerprint density at radius 1 is 1.24 bits per heavy atom. The average molecular weight is 230 g/mol. The van der Waals surface area contributed by atoms with Gasteiger partial charge in [-0.15, -0.1) is 0 Å². The number of piperazine rings is 1. The highest BCUT2D eigenvalue weighted by atomic mass is 15.2. The molecule has 17 heavy (non-hydrogen) atoms. The predicted molar refractivity (Wildman–Crippen MR) is 71.4 cm³/mol. The first-order valence-electron chi connectivity index (χ1n) is 6.87. The van der Waals surface area contributed by atoms with E-state index in [-0.39, 0.29) is 0 Å². The minimum Gasteiger partial charge on any atom is -0.314 e. The van der Waals surface area contributed by atoms with Gasteiger partial charge in [-0.1, -0.05) is 18.2 Å². The van der Waals surface area contributed by atoms with Gasteiger partial charge in [0.1, 0.15) is 0 Å². The third-order valence-corrected chi connectivity index (χ3v) is 4.36. The van der Waals surface area contributed by atoms with Crippen LogP contribution >= 0.6 is 0 Å². The maximum absolute atomic E-state index is 3.44. The monoisotopic (exact) mass is 230 g/mol. The molecule has 1 saturated heterocycles. The van der Waals surface area contributed by atoms with E-state index in [0.29, 0.717) is 0 Å². The number of hydrogen-bond acceptors (Lipinski definition) is 2. The molecule has 0 saturated carbocycles. The van der Waals surface area contributed by atoms with Gasteiger partial charge in [-0.25, -0.2) is 0 Å². The van der Waals surface area contributed by atoms with Crippen molar-refractivity contribution >= 4 is 0 Å². The minimum atomic E-state index is 0.784. The number of nitrogens with zero attached hydrogens (tertiary/aromatic N) is 1. The molecule has 0 radical (unpaired) electrons. The molecule has 2 aliphatic rings. The Bertz CT molecular complexity index is 394. The van der Waals surface area contributed by atoms with E-state index in [4.69, 9.17) is 0 Å². The molecule has 1 atom stereocenters. The molecule has 2 heteroatoms. The van der Waals surface area contributed by atoms with Crippen LogP contribution < -0.4 is 5.32 Å². The fraction of sp³-hybridized carbons (Fsp3) is 0.600. The first-order chi connectivity index (χ1) is 8.34. The molecule has 1 unspecified atom stereocenters. The number of fused-ring (bicyclic) bond motifs is 1. The highest BCUT2D eigenvalue weighted by molar-refractivity contribution is 5.37. The minimum absolute atomic E-state index is 0.784. The molecule has 1 N–H and O–H groups in total. The van der Waals surface area contributed by atoms with Crippen LogP contribution in [-0.2, 0) is 12.8 Å². The van der Waals surface area contributed by atoms with Crippen molar-refractivity contribution in [3.8, 4) is 0 Å². The SMILES string of the molecule is Cc1cccc2c1CCC(N1CCNCC1)C2. The Morgan fingerprint density at radius 3 is 2.88 bits per heavy atom.